The van der Waals surface area contributed by atoms with Crippen molar-refractivity contribution in [1.82, 2.24) is 4.57 Å². The van der Waals surface area contributed by atoms with Gasteiger partial charge in [-0.25, -0.2) is 9.79 Å². The van der Waals surface area contributed by atoms with Crippen molar-refractivity contribution in [2.45, 2.75) is 37.8 Å². The number of aromatic hydroxyl groups is 1. The molecule has 0 aliphatic carbocycles. The molecular weight excluding hydrogens is 456 g/mol. The number of thioether (sulfide) groups is 1. The van der Waals surface area contributed by atoms with E-state index in [-0.39, 0.29) is 17.4 Å². The van der Waals surface area contributed by atoms with E-state index >= 15 is 0 Å². The molecular formula is C25H24N2O4S2. The maximum Gasteiger partial charge on any atom is 0.338 e. The summed E-state index contributed by atoms with van der Waals surface area (Å²) in [7, 11) is 0. The summed E-state index contributed by atoms with van der Waals surface area (Å²) in [5.74, 6) is -0.356. The molecule has 1 N–H and O–H groups in total. The lowest BCUT2D eigenvalue weighted by Crippen LogP contribution is -2.40. The molecule has 0 amide bonds. The molecule has 1 atom stereocenters. The molecule has 2 heterocycles. The Balaban J connectivity index is 1.94. The topological polar surface area (TPSA) is 80.9 Å². The van der Waals surface area contributed by atoms with Crippen molar-refractivity contribution in [3.63, 3.8) is 0 Å². The molecule has 1 aromatic heterocycles. The van der Waals surface area contributed by atoms with Crippen LogP contribution in [-0.2, 0) is 9.53 Å². The van der Waals surface area contributed by atoms with E-state index in [4.69, 9.17) is 4.74 Å². The Bertz CT molecular complexity index is 1420. The lowest BCUT2D eigenvalue weighted by molar-refractivity contribution is -0.143. The van der Waals surface area contributed by atoms with Gasteiger partial charge in [0.05, 0.1) is 27.9 Å². The third-order valence-corrected chi connectivity index (χ3v) is 6.91. The van der Waals surface area contributed by atoms with E-state index < -0.39 is 12.0 Å². The number of thiazole rings is 1. The number of allylic oxidation sites excluding steroid dienone is 1. The SMILES string of the molecule is CSc1ccc([C@@H]2C(C(=O)OC(C)C)=C(C)N=c3s/c(=C\c4cccc(O)c4)c(=O)n32)cc1. The van der Waals surface area contributed by atoms with Crippen LogP contribution in [0.25, 0.3) is 6.08 Å². The van der Waals surface area contributed by atoms with E-state index in [9.17, 15) is 14.7 Å². The Labute approximate surface area is 199 Å². The number of fused-ring (bicyclic) bond motifs is 1. The fraction of sp³-hybridized carbons (Fsp3) is 0.240. The van der Waals surface area contributed by atoms with Crippen molar-refractivity contribution in [2.24, 2.45) is 4.99 Å². The van der Waals surface area contributed by atoms with Gasteiger partial charge < -0.3 is 9.84 Å². The van der Waals surface area contributed by atoms with Crippen LogP contribution in [0, 0.1) is 0 Å². The number of rotatable bonds is 5. The molecule has 0 spiro atoms. The molecule has 170 valence electrons. The summed E-state index contributed by atoms with van der Waals surface area (Å²) < 4.78 is 7.55. The number of ether oxygens (including phenoxy) is 1. The normalized spacial score (nSPS) is 16.0. The number of aromatic nitrogens is 1. The van der Waals surface area contributed by atoms with Crippen LogP contribution in [0.5, 0.6) is 5.75 Å². The third kappa shape index (κ3) is 4.67. The van der Waals surface area contributed by atoms with Gasteiger partial charge >= 0.3 is 5.97 Å². The number of hydrogen-bond acceptors (Lipinski definition) is 7. The number of carbonyl (C=O) groups is 1. The quantitative estimate of drug-likeness (QED) is 0.446. The number of phenolic OH excluding ortho intramolecular Hbond substituents is 1. The first-order valence-corrected chi connectivity index (χ1v) is 12.5. The van der Waals surface area contributed by atoms with Crippen molar-refractivity contribution in [3.8, 4) is 5.75 Å². The summed E-state index contributed by atoms with van der Waals surface area (Å²) in [6.07, 6.45) is 3.42. The first-order chi connectivity index (χ1) is 15.8. The zero-order valence-electron chi connectivity index (χ0n) is 18.7. The van der Waals surface area contributed by atoms with E-state index in [1.807, 2.05) is 36.6 Å². The van der Waals surface area contributed by atoms with Crippen LogP contribution in [0.1, 0.15) is 37.9 Å². The highest BCUT2D eigenvalue weighted by Gasteiger charge is 2.33. The summed E-state index contributed by atoms with van der Waals surface area (Å²) in [5, 5.41) is 9.78. The summed E-state index contributed by atoms with van der Waals surface area (Å²) >= 11 is 2.88. The van der Waals surface area contributed by atoms with Gasteiger partial charge in [-0.15, -0.1) is 11.8 Å². The van der Waals surface area contributed by atoms with Crippen molar-refractivity contribution in [1.29, 1.82) is 0 Å². The minimum absolute atomic E-state index is 0.123. The smallest absolute Gasteiger partial charge is 0.338 e. The predicted molar refractivity (Wildman–Crippen MR) is 131 cm³/mol. The van der Waals surface area contributed by atoms with Gasteiger partial charge in [0, 0.05) is 4.90 Å². The summed E-state index contributed by atoms with van der Waals surface area (Å²) in [6, 6.07) is 13.9. The largest absolute Gasteiger partial charge is 0.508 e. The number of nitrogens with zero attached hydrogens (tertiary/aromatic N) is 2. The first kappa shape index (κ1) is 23.1. The molecule has 33 heavy (non-hydrogen) atoms. The fourth-order valence-electron chi connectivity index (χ4n) is 3.73. The van der Waals surface area contributed by atoms with Crippen LogP contribution in [-0.4, -0.2) is 28.0 Å². The van der Waals surface area contributed by atoms with Crippen LogP contribution >= 0.6 is 23.1 Å². The van der Waals surface area contributed by atoms with Crippen LogP contribution in [0.2, 0.25) is 0 Å². The minimum atomic E-state index is -0.644. The molecule has 4 rings (SSSR count). The Hall–Kier alpha value is -3.10. The second-order valence-electron chi connectivity index (χ2n) is 7.90. The highest BCUT2D eigenvalue weighted by atomic mass is 32.2. The maximum absolute atomic E-state index is 13.5. The summed E-state index contributed by atoms with van der Waals surface area (Å²) in [6.45, 7) is 5.35. The standard InChI is InChI=1S/C25H24N2O4S2/c1-14(2)31-24(30)21-15(3)26-25-27(22(21)17-8-10-19(32-4)11-9-17)23(29)20(33-25)13-16-6-5-7-18(28)12-16/h5-14,22,28H,1-4H3/b20-13-/t22-/m1/s1. The van der Waals surface area contributed by atoms with Gasteiger partial charge in [-0.3, -0.25) is 9.36 Å². The van der Waals surface area contributed by atoms with Crippen molar-refractivity contribution in [2.75, 3.05) is 6.26 Å². The van der Waals surface area contributed by atoms with E-state index in [1.54, 1.807) is 61.4 Å². The number of esters is 1. The van der Waals surface area contributed by atoms with Crippen LogP contribution in [0.15, 0.2) is 74.5 Å². The zero-order chi connectivity index (χ0) is 23.7. The molecule has 0 bridgehead atoms. The monoisotopic (exact) mass is 480 g/mol. The molecule has 6 nitrogen and oxygen atoms in total. The zero-order valence-corrected chi connectivity index (χ0v) is 20.4. The van der Waals surface area contributed by atoms with E-state index in [0.717, 1.165) is 10.5 Å². The number of hydrogen-bond donors (Lipinski definition) is 1. The average Bonchev–Trinajstić information content (AvgIpc) is 3.07. The Morgan fingerprint density at radius 2 is 1.97 bits per heavy atom. The first-order valence-electron chi connectivity index (χ1n) is 10.4. The van der Waals surface area contributed by atoms with Crippen molar-refractivity contribution in [3.05, 3.63) is 90.6 Å². The van der Waals surface area contributed by atoms with Crippen LogP contribution in [0.4, 0.5) is 0 Å². The maximum atomic E-state index is 13.5. The van der Waals surface area contributed by atoms with Crippen LogP contribution in [0.3, 0.4) is 0 Å². The average molecular weight is 481 g/mol. The van der Waals surface area contributed by atoms with Crippen molar-refractivity contribution >= 4 is 35.1 Å². The van der Waals surface area contributed by atoms with Gasteiger partial charge in [0.1, 0.15) is 5.75 Å². The molecule has 0 radical (unpaired) electrons. The molecule has 1 aliphatic rings. The number of benzene rings is 2. The molecule has 0 unspecified atom stereocenters. The molecule has 1 aliphatic heterocycles. The number of phenols is 1. The molecule has 3 aromatic rings. The second kappa shape index (κ2) is 9.41. The van der Waals surface area contributed by atoms with E-state index in [2.05, 4.69) is 4.99 Å². The van der Waals surface area contributed by atoms with Crippen molar-refractivity contribution < 1.29 is 14.6 Å². The predicted octanol–water partition coefficient (Wildman–Crippen LogP) is 3.61. The van der Waals surface area contributed by atoms with Gasteiger partial charge in [0.2, 0.25) is 0 Å². The molecule has 0 saturated carbocycles. The number of carbonyl (C=O) groups excluding carboxylic acids is 1. The van der Waals surface area contributed by atoms with Gasteiger partial charge in [0.15, 0.2) is 4.80 Å². The minimum Gasteiger partial charge on any atom is -0.508 e. The second-order valence-corrected chi connectivity index (χ2v) is 9.79. The molecule has 0 fully saturated rings. The Morgan fingerprint density at radius 1 is 1.24 bits per heavy atom. The Kier molecular flexibility index (Phi) is 6.58. The third-order valence-electron chi connectivity index (χ3n) is 5.18. The molecule has 8 heteroatoms. The fourth-order valence-corrected chi connectivity index (χ4v) is 5.18. The highest BCUT2D eigenvalue weighted by molar-refractivity contribution is 7.98. The summed E-state index contributed by atoms with van der Waals surface area (Å²) in [5.41, 5.74) is 2.16. The van der Waals surface area contributed by atoms with Gasteiger partial charge in [-0.05, 0) is 68.5 Å². The lowest BCUT2D eigenvalue weighted by atomic mass is 9.96. The molecule has 2 aromatic carbocycles. The van der Waals surface area contributed by atoms with E-state index in [0.29, 0.717) is 26.2 Å². The molecule has 0 saturated heterocycles. The van der Waals surface area contributed by atoms with E-state index in [1.165, 1.54) is 11.3 Å². The summed E-state index contributed by atoms with van der Waals surface area (Å²) in [4.78, 5) is 32.8. The lowest BCUT2D eigenvalue weighted by Gasteiger charge is -2.25. The Morgan fingerprint density at radius 3 is 2.61 bits per heavy atom. The highest BCUT2D eigenvalue weighted by Crippen LogP contribution is 2.32. The van der Waals surface area contributed by atoms with Gasteiger partial charge in [-0.2, -0.15) is 0 Å². The van der Waals surface area contributed by atoms with Crippen LogP contribution < -0.4 is 14.9 Å². The van der Waals surface area contributed by atoms with Gasteiger partial charge in [-0.1, -0.05) is 35.6 Å². The van der Waals surface area contributed by atoms with Gasteiger partial charge in [0.25, 0.3) is 5.56 Å².